The topological polar surface area (TPSA) is 156 Å². The number of sulfonamides is 1. The van der Waals surface area contributed by atoms with E-state index in [2.05, 4.69) is 5.32 Å². The molecule has 0 radical (unpaired) electrons. The first-order chi connectivity index (χ1) is 17.6. The fourth-order valence-corrected chi connectivity index (χ4v) is 7.18. The number of primary sulfonamides is 1. The van der Waals surface area contributed by atoms with Gasteiger partial charge in [-0.15, -0.1) is 0 Å². The third-order valence-electron chi connectivity index (χ3n) is 6.97. The highest BCUT2D eigenvalue weighted by atomic mass is 32.2. The maximum atomic E-state index is 14.1. The predicted molar refractivity (Wildman–Crippen MR) is 128 cm³/mol. The maximum Gasteiger partial charge on any atom is 0.417 e. The van der Waals surface area contributed by atoms with Crippen LogP contribution in [0.1, 0.15) is 31.2 Å². The third kappa shape index (κ3) is 5.42. The molecule has 2 fully saturated rings. The van der Waals surface area contributed by atoms with Crippen LogP contribution in [0.5, 0.6) is 0 Å². The number of nitrogens with two attached hydrogens (primary N) is 1. The first-order valence-corrected chi connectivity index (χ1v) is 14.5. The number of benzene rings is 2. The van der Waals surface area contributed by atoms with Crippen LogP contribution in [0, 0.1) is 17.2 Å². The second-order valence-corrected chi connectivity index (χ2v) is 13.2. The summed E-state index contributed by atoms with van der Waals surface area (Å²) < 4.78 is 97.4. The number of nitrogens with zero attached hydrogens (tertiary/aromatic N) is 1. The van der Waals surface area contributed by atoms with Gasteiger partial charge in [-0.25, -0.2) is 22.0 Å². The van der Waals surface area contributed by atoms with Gasteiger partial charge < -0.3 is 10.1 Å². The normalized spacial score (nSPS) is 23.0. The lowest BCUT2D eigenvalue weighted by Gasteiger charge is -2.19. The first kappa shape index (κ1) is 28.0. The number of nitrogens with one attached hydrogen (secondary N) is 1. The van der Waals surface area contributed by atoms with E-state index >= 15 is 0 Å². The third-order valence-corrected chi connectivity index (χ3v) is 10.1. The second-order valence-electron chi connectivity index (χ2n) is 9.48. The van der Waals surface area contributed by atoms with Crippen molar-refractivity contribution in [2.24, 2.45) is 11.1 Å². The molecule has 2 aliphatic rings. The quantitative estimate of drug-likeness (QED) is 0.517. The van der Waals surface area contributed by atoms with E-state index < -0.39 is 65.2 Å². The zero-order valence-corrected chi connectivity index (χ0v) is 21.7. The second kappa shape index (κ2) is 9.64. The van der Waals surface area contributed by atoms with Crippen LogP contribution in [0.15, 0.2) is 52.3 Å². The molecule has 2 aromatic rings. The van der Waals surface area contributed by atoms with Crippen LogP contribution in [-0.4, -0.2) is 46.7 Å². The molecule has 9 nitrogen and oxygen atoms in total. The molecule has 2 aliphatic carbocycles. The first-order valence-electron chi connectivity index (χ1n) is 11.5. The molecule has 3 atom stereocenters. The number of nitriles is 1. The Hall–Kier alpha value is -2.99. The molecule has 1 amide bonds. The lowest BCUT2D eigenvalue weighted by atomic mass is 10.0. The minimum atomic E-state index is -5.03. The minimum Gasteiger partial charge on any atom is -0.381 e. The van der Waals surface area contributed by atoms with E-state index in [-0.39, 0.29) is 28.9 Å². The molecule has 14 heteroatoms. The Bertz CT molecular complexity index is 1510. The molecule has 0 saturated heterocycles. The Morgan fingerprint density at radius 3 is 2.18 bits per heavy atom. The molecule has 3 N–H and O–H groups in total. The summed E-state index contributed by atoms with van der Waals surface area (Å²) in [7, 11) is -7.28. The number of hydrogen-bond donors (Lipinski definition) is 2. The van der Waals surface area contributed by atoms with Crippen molar-refractivity contribution < 1.29 is 39.5 Å². The van der Waals surface area contributed by atoms with Crippen LogP contribution in [0.25, 0.3) is 11.1 Å². The van der Waals surface area contributed by atoms with E-state index in [4.69, 9.17) is 9.88 Å². The summed E-state index contributed by atoms with van der Waals surface area (Å²) in [5.74, 6) is -1.51. The van der Waals surface area contributed by atoms with Gasteiger partial charge in [0.2, 0.25) is 15.9 Å². The fourth-order valence-electron chi connectivity index (χ4n) is 4.66. The van der Waals surface area contributed by atoms with Gasteiger partial charge in [0.1, 0.15) is 5.54 Å². The van der Waals surface area contributed by atoms with Crippen LogP contribution >= 0.6 is 0 Å². The van der Waals surface area contributed by atoms with Crippen LogP contribution in [-0.2, 0) is 35.6 Å². The largest absolute Gasteiger partial charge is 0.417 e. The number of alkyl halides is 3. The monoisotopic (exact) mass is 571 g/mol. The van der Waals surface area contributed by atoms with Gasteiger partial charge in [0.05, 0.1) is 38.7 Å². The molecule has 38 heavy (non-hydrogen) atoms. The van der Waals surface area contributed by atoms with Gasteiger partial charge in [0.15, 0.2) is 9.84 Å². The van der Waals surface area contributed by atoms with Crippen molar-refractivity contribution in [3.63, 3.8) is 0 Å². The van der Waals surface area contributed by atoms with Crippen molar-refractivity contribution >= 4 is 25.8 Å². The molecular weight excluding hydrogens is 547 g/mol. The van der Waals surface area contributed by atoms with Crippen molar-refractivity contribution in [3.05, 3.63) is 48.0 Å². The summed E-state index contributed by atoms with van der Waals surface area (Å²) in [5.41, 5.74) is -2.14. The number of ether oxygens (including phenoxy) is 1. The van der Waals surface area contributed by atoms with Gasteiger partial charge >= 0.3 is 6.18 Å². The van der Waals surface area contributed by atoms with Gasteiger partial charge in [-0.05, 0) is 61.1 Å². The Labute approximate surface area is 217 Å². The zero-order chi connectivity index (χ0) is 28.1. The van der Waals surface area contributed by atoms with Crippen LogP contribution in [0.2, 0.25) is 0 Å². The summed E-state index contributed by atoms with van der Waals surface area (Å²) in [6.07, 6.45) is -5.40. The van der Waals surface area contributed by atoms with E-state index in [1.807, 2.05) is 6.07 Å². The van der Waals surface area contributed by atoms with Crippen molar-refractivity contribution in [2.45, 2.75) is 58.5 Å². The van der Waals surface area contributed by atoms with Crippen molar-refractivity contribution in [3.8, 4) is 17.2 Å². The van der Waals surface area contributed by atoms with E-state index in [0.717, 1.165) is 18.2 Å². The molecular formula is C24H24F3N3O6S2. The molecule has 0 aliphatic heterocycles. The summed E-state index contributed by atoms with van der Waals surface area (Å²) in [6, 6.07) is 9.56. The Morgan fingerprint density at radius 1 is 1.08 bits per heavy atom. The average molecular weight is 572 g/mol. The Balaban J connectivity index is 1.66. The number of hydrogen-bond acceptors (Lipinski definition) is 7. The Morgan fingerprint density at radius 2 is 1.68 bits per heavy atom. The van der Waals surface area contributed by atoms with E-state index in [1.165, 1.54) is 25.3 Å². The molecule has 2 saturated carbocycles. The molecule has 0 heterocycles. The van der Waals surface area contributed by atoms with Gasteiger partial charge in [0, 0.05) is 7.11 Å². The fraction of sp³-hybridized carbons (Fsp3) is 0.417. The Kier molecular flexibility index (Phi) is 7.11. The van der Waals surface area contributed by atoms with E-state index in [9.17, 15) is 40.1 Å². The average Bonchev–Trinajstić information content (AvgIpc) is 3.48. The molecule has 204 valence electrons. The zero-order valence-electron chi connectivity index (χ0n) is 20.0. The van der Waals surface area contributed by atoms with Crippen LogP contribution in [0.4, 0.5) is 13.2 Å². The van der Waals surface area contributed by atoms with E-state index in [0.29, 0.717) is 18.9 Å². The lowest BCUT2D eigenvalue weighted by molar-refractivity contribution is -0.139. The number of carbonyl (C=O) groups excluding carboxylic acids is 1. The number of sulfone groups is 1. The van der Waals surface area contributed by atoms with Crippen molar-refractivity contribution in [1.82, 2.24) is 5.32 Å². The van der Waals surface area contributed by atoms with Crippen LogP contribution in [0.3, 0.4) is 0 Å². The molecule has 4 rings (SSSR count). The molecule has 0 aromatic heterocycles. The highest BCUT2D eigenvalue weighted by molar-refractivity contribution is 7.92. The molecule has 3 unspecified atom stereocenters. The minimum absolute atomic E-state index is 0.0157. The smallest absolute Gasteiger partial charge is 0.381 e. The number of methoxy groups -OCH3 is 1. The van der Waals surface area contributed by atoms with Gasteiger partial charge in [-0.2, -0.15) is 18.4 Å². The lowest BCUT2D eigenvalue weighted by Crippen LogP contribution is -2.42. The number of amides is 1. The van der Waals surface area contributed by atoms with Crippen LogP contribution < -0.4 is 10.5 Å². The summed E-state index contributed by atoms with van der Waals surface area (Å²) >= 11 is 0. The molecule has 0 bridgehead atoms. The molecule has 2 aromatic carbocycles. The SMILES string of the molecule is COC1CC(S(=O)(=O)c2ccc(-c3ccc(S(N)(=O)=O)cc3)cc2C(F)(F)F)CC1C(=O)NC1(C#N)CC1. The highest BCUT2D eigenvalue weighted by Crippen LogP contribution is 2.43. The van der Waals surface area contributed by atoms with Gasteiger partial charge in [-0.1, -0.05) is 18.2 Å². The van der Waals surface area contributed by atoms with Gasteiger partial charge in [0.25, 0.3) is 0 Å². The van der Waals surface area contributed by atoms with Crippen molar-refractivity contribution in [2.75, 3.05) is 7.11 Å². The van der Waals surface area contributed by atoms with Gasteiger partial charge in [-0.3, -0.25) is 4.79 Å². The molecule has 0 spiro atoms. The number of halogens is 3. The maximum absolute atomic E-state index is 14.1. The van der Waals surface area contributed by atoms with Crippen molar-refractivity contribution in [1.29, 1.82) is 5.26 Å². The summed E-state index contributed by atoms with van der Waals surface area (Å²) in [6.45, 7) is 0. The summed E-state index contributed by atoms with van der Waals surface area (Å²) in [5, 5.41) is 15.6. The number of carbonyl (C=O) groups is 1. The summed E-state index contributed by atoms with van der Waals surface area (Å²) in [4.78, 5) is 11.6. The van der Waals surface area contributed by atoms with E-state index in [1.54, 1.807) is 0 Å². The standard InChI is InChI=1S/C24H24F3N3O6S2/c1-36-20-12-17(11-18(20)22(31)30-23(13-28)8-9-23)37(32,33)21-7-4-15(10-19(21)24(25,26)27)14-2-5-16(6-3-14)38(29,34)35/h2-7,10,17-18,20H,8-9,11-12H2,1H3,(H,30,31)(H2,29,34,35). The number of rotatable bonds is 7. The highest BCUT2D eigenvalue weighted by Gasteiger charge is 2.51. The predicted octanol–water partition coefficient (Wildman–Crippen LogP) is 2.76.